The lowest BCUT2D eigenvalue weighted by molar-refractivity contribution is 0.522. The molecule has 5 heterocycles. The fourth-order valence-electron chi connectivity index (χ4n) is 3.86. The zero-order chi connectivity index (χ0) is 15.9. The summed E-state index contributed by atoms with van der Waals surface area (Å²) in [6.07, 6.45) is 18.4. The Hall–Kier alpha value is -2.46. The van der Waals surface area contributed by atoms with E-state index in [0.29, 0.717) is 18.1 Å². The SMILES string of the molecule is C1=CC2=NC1=CC1=NC(C=C1)CC1CCC(C=c3ccc([nH]3)=C2)N1. The molecule has 120 valence electrons. The van der Waals surface area contributed by atoms with E-state index in [-0.39, 0.29) is 0 Å². The van der Waals surface area contributed by atoms with Crippen LogP contribution in [0.2, 0.25) is 0 Å². The lowest BCUT2D eigenvalue weighted by atomic mass is 10.1. The highest BCUT2D eigenvalue weighted by molar-refractivity contribution is 6.19. The minimum Gasteiger partial charge on any atom is -0.356 e. The molecule has 8 bridgehead atoms. The van der Waals surface area contributed by atoms with Crippen molar-refractivity contribution in [2.24, 2.45) is 9.98 Å². The highest BCUT2D eigenvalue weighted by Gasteiger charge is 2.25. The zero-order valence-corrected chi connectivity index (χ0v) is 13.4. The molecule has 0 spiro atoms. The van der Waals surface area contributed by atoms with E-state index in [4.69, 9.17) is 4.99 Å². The van der Waals surface area contributed by atoms with E-state index >= 15 is 0 Å². The number of aromatic nitrogens is 1. The summed E-state index contributed by atoms with van der Waals surface area (Å²) >= 11 is 0. The van der Waals surface area contributed by atoms with E-state index in [1.807, 2.05) is 12.2 Å². The maximum absolute atomic E-state index is 4.82. The number of hydrogen-bond donors (Lipinski definition) is 2. The second-order valence-corrected chi connectivity index (χ2v) is 6.88. The Balaban J connectivity index is 1.58. The third-order valence-electron chi connectivity index (χ3n) is 5.00. The summed E-state index contributed by atoms with van der Waals surface area (Å²) in [7, 11) is 0. The van der Waals surface area contributed by atoms with Crippen LogP contribution in [0.15, 0.2) is 58.2 Å². The van der Waals surface area contributed by atoms with Crippen molar-refractivity contribution in [3.8, 4) is 0 Å². The molecular weight excluding hydrogens is 296 g/mol. The van der Waals surface area contributed by atoms with Gasteiger partial charge in [0, 0.05) is 22.8 Å². The second-order valence-electron chi connectivity index (χ2n) is 6.88. The van der Waals surface area contributed by atoms with E-state index in [9.17, 15) is 0 Å². The van der Waals surface area contributed by atoms with Gasteiger partial charge in [-0.05, 0) is 67.9 Å². The van der Waals surface area contributed by atoms with Crippen molar-refractivity contribution in [3.05, 3.63) is 58.9 Å². The minimum absolute atomic E-state index is 0.290. The van der Waals surface area contributed by atoms with Crippen molar-refractivity contribution < 1.29 is 0 Å². The summed E-state index contributed by atoms with van der Waals surface area (Å²) in [6, 6.07) is 5.53. The number of H-pyrrole nitrogens is 1. The number of allylic oxidation sites excluding steroid dienone is 4. The molecule has 1 fully saturated rings. The lowest BCUT2D eigenvalue weighted by Gasteiger charge is -2.14. The minimum atomic E-state index is 0.290. The summed E-state index contributed by atoms with van der Waals surface area (Å²) in [6.45, 7) is 0. The van der Waals surface area contributed by atoms with E-state index in [0.717, 1.165) is 28.9 Å². The van der Waals surface area contributed by atoms with Crippen LogP contribution in [-0.4, -0.2) is 34.5 Å². The molecule has 24 heavy (non-hydrogen) atoms. The van der Waals surface area contributed by atoms with Crippen LogP contribution in [0, 0.1) is 0 Å². The van der Waals surface area contributed by atoms with Gasteiger partial charge in [0.05, 0.1) is 23.2 Å². The third-order valence-corrected chi connectivity index (χ3v) is 5.00. The van der Waals surface area contributed by atoms with Gasteiger partial charge in [0.25, 0.3) is 0 Å². The van der Waals surface area contributed by atoms with Crippen LogP contribution in [0.25, 0.3) is 12.2 Å². The van der Waals surface area contributed by atoms with Gasteiger partial charge >= 0.3 is 0 Å². The molecule has 3 atom stereocenters. The lowest BCUT2D eigenvalue weighted by Crippen LogP contribution is -2.31. The maximum Gasteiger partial charge on any atom is 0.0705 e. The molecule has 4 nitrogen and oxygen atoms in total. The summed E-state index contributed by atoms with van der Waals surface area (Å²) in [5.41, 5.74) is 2.97. The van der Waals surface area contributed by atoms with Crippen molar-refractivity contribution in [1.82, 2.24) is 10.3 Å². The van der Waals surface area contributed by atoms with E-state index < -0.39 is 0 Å². The van der Waals surface area contributed by atoms with Gasteiger partial charge in [-0.2, -0.15) is 0 Å². The first-order valence-electron chi connectivity index (χ1n) is 8.69. The monoisotopic (exact) mass is 316 g/mol. The van der Waals surface area contributed by atoms with E-state index in [1.54, 1.807) is 0 Å². The Bertz CT molecular complexity index is 939. The highest BCUT2D eigenvalue weighted by Crippen LogP contribution is 2.21. The average molecular weight is 316 g/mol. The predicted molar refractivity (Wildman–Crippen MR) is 98.6 cm³/mol. The highest BCUT2D eigenvalue weighted by atomic mass is 15.0. The number of nitrogens with zero attached hydrogens (tertiary/aromatic N) is 2. The van der Waals surface area contributed by atoms with Gasteiger partial charge in [0.1, 0.15) is 0 Å². The largest absolute Gasteiger partial charge is 0.356 e. The van der Waals surface area contributed by atoms with E-state index in [1.165, 1.54) is 18.2 Å². The van der Waals surface area contributed by atoms with Crippen LogP contribution >= 0.6 is 0 Å². The molecule has 1 aromatic heterocycles. The Kier molecular flexibility index (Phi) is 3.23. The number of aromatic amines is 1. The normalized spacial score (nSPS) is 30.5. The number of fused-ring (bicyclic) bond motifs is 6. The molecule has 0 saturated carbocycles. The standard InChI is InChI=1S/C20H20N4/c1-2-14-10-16-5-6-18(23-16)12-20-8-7-19(24-20)11-17-4-3-15(22-17)9-13(1)21-14/h1-6,9-11,18-20,22,24H,7-8,12H2. The van der Waals surface area contributed by atoms with Crippen molar-refractivity contribution in [1.29, 1.82) is 0 Å². The van der Waals surface area contributed by atoms with Gasteiger partial charge in [-0.1, -0.05) is 6.08 Å². The first kappa shape index (κ1) is 13.9. The van der Waals surface area contributed by atoms with Crippen molar-refractivity contribution in [2.45, 2.75) is 37.4 Å². The number of hydrogen-bond acceptors (Lipinski definition) is 3. The van der Waals surface area contributed by atoms with Gasteiger partial charge in [-0.15, -0.1) is 0 Å². The van der Waals surface area contributed by atoms with Gasteiger partial charge in [0.15, 0.2) is 0 Å². The molecule has 2 N–H and O–H groups in total. The molecule has 0 radical (unpaired) electrons. The van der Waals surface area contributed by atoms with Crippen LogP contribution in [0.4, 0.5) is 0 Å². The second kappa shape index (κ2) is 5.56. The molecular formula is C20H20N4. The maximum atomic E-state index is 4.82. The predicted octanol–water partition coefficient (Wildman–Crippen LogP) is 1.37. The molecule has 4 heteroatoms. The first-order valence-corrected chi connectivity index (χ1v) is 8.69. The fraction of sp³-hybridized carbons (Fsp3) is 0.300. The van der Waals surface area contributed by atoms with Crippen LogP contribution in [0.5, 0.6) is 0 Å². The Morgan fingerprint density at radius 3 is 2.92 bits per heavy atom. The Morgan fingerprint density at radius 1 is 0.958 bits per heavy atom. The summed E-state index contributed by atoms with van der Waals surface area (Å²) in [5, 5.41) is 6.00. The molecule has 0 amide bonds. The third kappa shape index (κ3) is 2.74. The number of rotatable bonds is 0. The quantitative estimate of drug-likeness (QED) is 0.746. The van der Waals surface area contributed by atoms with Gasteiger partial charge in [-0.25, -0.2) is 4.99 Å². The van der Waals surface area contributed by atoms with Crippen molar-refractivity contribution in [2.75, 3.05) is 0 Å². The smallest absolute Gasteiger partial charge is 0.0705 e. The van der Waals surface area contributed by atoms with E-state index in [2.05, 4.69) is 57.8 Å². The summed E-state index contributed by atoms with van der Waals surface area (Å²) in [5.74, 6) is 0. The molecule has 1 saturated heterocycles. The van der Waals surface area contributed by atoms with Crippen LogP contribution in [-0.2, 0) is 0 Å². The summed E-state index contributed by atoms with van der Waals surface area (Å²) < 4.78 is 0. The van der Waals surface area contributed by atoms with Crippen LogP contribution in [0.3, 0.4) is 0 Å². The molecule has 5 rings (SSSR count). The molecule has 3 unspecified atom stereocenters. The molecule has 0 aromatic carbocycles. The zero-order valence-electron chi connectivity index (χ0n) is 13.4. The average Bonchev–Trinajstić information content (AvgIpc) is 3.32. The first-order chi connectivity index (χ1) is 11.8. The Labute approximate surface area is 140 Å². The van der Waals surface area contributed by atoms with Crippen LogP contribution < -0.4 is 16.0 Å². The molecule has 4 aliphatic heterocycles. The van der Waals surface area contributed by atoms with Gasteiger partial charge in [-0.3, -0.25) is 4.99 Å². The van der Waals surface area contributed by atoms with Gasteiger partial charge in [0.2, 0.25) is 0 Å². The topological polar surface area (TPSA) is 52.5 Å². The molecule has 0 aliphatic carbocycles. The number of nitrogens with one attached hydrogen (secondary N) is 2. The van der Waals surface area contributed by atoms with Crippen molar-refractivity contribution >= 4 is 23.6 Å². The number of aliphatic imine (C=N–C) groups is 2. The van der Waals surface area contributed by atoms with Crippen molar-refractivity contribution in [3.63, 3.8) is 0 Å². The van der Waals surface area contributed by atoms with Crippen LogP contribution in [0.1, 0.15) is 19.3 Å². The Morgan fingerprint density at radius 2 is 1.92 bits per heavy atom. The fourth-order valence-corrected chi connectivity index (χ4v) is 3.86. The van der Waals surface area contributed by atoms with Gasteiger partial charge < -0.3 is 10.3 Å². The molecule has 4 aliphatic rings. The summed E-state index contributed by atoms with van der Waals surface area (Å²) in [4.78, 5) is 13.0. The molecule has 1 aromatic rings.